The van der Waals surface area contributed by atoms with Crippen LogP contribution in [0, 0.1) is 21.7 Å². The molecule has 0 aliphatic carbocycles. The lowest BCUT2D eigenvalue weighted by molar-refractivity contribution is -0.384. The zero-order valence-electron chi connectivity index (χ0n) is 20.7. The van der Waals surface area contributed by atoms with Crippen LogP contribution in [-0.4, -0.2) is 57.3 Å². The van der Waals surface area contributed by atoms with Gasteiger partial charge in [0.05, 0.1) is 30.9 Å². The molecule has 0 amide bonds. The van der Waals surface area contributed by atoms with E-state index in [1.807, 2.05) is 30.3 Å². The molecule has 196 valence electrons. The third kappa shape index (κ3) is 5.02. The standard InChI is InChI=1S/C26H24F2N6O4/c1-37-24-11-17-8-10-32(15-18(17)12-25(24)38-2)9-7-16-3-5-19(6-4-16)33-30-26(29-31-33)20-13-21(27)22(28)14-23(20)34(35)36/h3-6,11-14H,7-10,15H2,1-2H3. The van der Waals surface area contributed by atoms with E-state index in [0.29, 0.717) is 17.8 Å². The number of tetrazole rings is 1. The summed E-state index contributed by atoms with van der Waals surface area (Å²) in [6, 6.07) is 12.8. The highest BCUT2D eigenvalue weighted by molar-refractivity contribution is 5.67. The second-order valence-electron chi connectivity index (χ2n) is 8.86. The van der Waals surface area contributed by atoms with Gasteiger partial charge in [0.1, 0.15) is 5.56 Å². The second kappa shape index (κ2) is 10.5. The lowest BCUT2D eigenvalue weighted by Gasteiger charge is -2.29. The number of aromatic nitrogens is 4. The number of fused-ring (bicyclic) bond motifs is 1. The molecule has 0 bridgehead atoms. The Bertz CT molecular complexity index is 1490. The van der Waals surface area contributed by atoms with Crippen LogP contribution < -0.4 is 9.47 Å². The van der Waals surface area contributed by atoms with Gasteiger partial charge in [-0.15, -0.1) is 15.0 Å². The fourth-order valence-electron chi connectivity index (χ4n) is 4.51. The number of methoxy groups -OCH3 is 2. The van der Waals surface area contributed by atoms with Crippen LogP contribution in [-0.2, 0) is 19.4 Å². The van der Waals surface area contributed by atoms with E-state index in [0.717, 1.165) is 49.5 Å². The SMILES string of the molecule is COc1cc2c(cc1OC)CN(CCc1ccc(-n3nnc(-c4cc(F)c(F)cc4[N+](=O)[O-])n3)cc1)CC2. The Labute approximate surface area is 216 Å². The highest BCUT2D eigenvalue weighted by Crippen LogP contribution is 2.33. The van der Waals surface area contributed by atoms with Crippen molar-refractivity contribution < 1.29 is 23.2 Å². The number of hydrogen-bond acceptors (Lipinski definition) is 8. The zero-order chi connectivity index (χ0) is 26.8. The Morgan fingerprint density at radius 1 is 1.00 bits per heavy atom. The monoisotopic (exact) mass is 522 g/mol. The minimum Gasteiger partial charge on any atom is -0.493 e. The molecule has 0 fully saturated rings. The fourth-order valence-corrected chi connectivity index (χ4v) is 4.51. The molecule has 0 atom stereocenters. The van der Waals surface area contributed by atoms with Gasteiger partial charge in [0.2, 0.25) is 5.82 Å². The number of ether oxygens (including phenoxy) is 2. The normalized spacial score (nSPS) is 13.3. The number of nitro benzene ring substituents is 1. The molecule has 4 aromatic rings. The Morgan fingerprint density at radius 3 is 2.37 bits per heavy atom. The zero-order valence-corrected chi connectivity index (χ0v) is 20.7. The maximum atomic E-state index is 13.7. The van der Waals surface area contributed by atoms with Gasteiger partial charge in [0.25, 0.3) is 5.69 Å². The molecule has 1 aliphatic rings. The van der Waals surface area contributed by atoms with Crippen LogP contribution in [0.5, 0.6) is 11.5 Å². The molecule has 2 heterocycles. The third-order valence-electron chi connectivity index (χ3n) is 6.57. The molecule has 0 radical (unpaired) electrons. The van der Waals surface area contributed by atoms with Crippen LogP contribution in [0.4, 0.5) is 14.5 Å². The summed E-state index contributed by atoms with van der Waals surface area (Å²) in [7, 11) is 3.28. The first-order chi connectivity index (χ1) is 18.4. The maximum absolute atomic E-state index is 13.7. The number of halogens is 2. The fraction of sp³-hybridized carbons (Fsp3) is 0.269. The molecule has 0 N–H and O–H groups in total. The summed E-state index contributed by atoms with van der Waals surface area (Å²) in [5.74, 6) is -1.26. The van der Waals surface area contributed by atoms with Crippen molar-refractivity contribution in [2.45, 2.75) is 19.4 Å². The van der Waals surface area contributed by atoms with Crippen molar-refractivity contribution in [2.24, 2.45) is 0 Å². The van der Waals surface area contributed by atoms with E-state index in [2.05, 4.69) is 26.4 Å². The third-order valence-corrected chi connectivity index (χ3v) is 6.57. The molecule has 5 rings (SSSR count). The highest BCUT2D eigenvalue weighted by atomic mass is 19.2. The second-order valence-corrected chi connectivity index (χ2v) is 8.86. The van der Waals surface area contributed by atoms with Gasteiger partial charge in [-0.2, -0.15) is 0 Å². The Balaban J connectivity index is 1.25. The maximum Gasteiger partial charge on any atom is 0.283 e. The summed E-state index contributed by atoms with van der Waals surface area (Å²) in [4.78, 5) is 14.0. The van der Waals surface area contributed by atoms with Gasteiger partial charge in [0.15, 0.2) is 23.1 Å². The van der Waals surface area contributed by atoms with Gasteiger partial charge in [-0.1, -0.05) is 12.1 Å². The van der Waals surface area contributed by atoms with Crippen LogP contribution in [0.1, 0.15) is 16.7 Å². The first kappa shape index (κ1) is 25.2. The molecule has 3 aromatic carbocycles. The van der Waals surface area contributed by atoms with E-state index in [4.69, 9.17) is 9.47 Å². The topological polar surface area (TPSA) is 108 Å². The van der Waals surface area contributed by atoms with Crippen molar-refractivity contribution in [1.82, 2.24) is 25.1 Å². The first-order valence-corrected chi connectivity index (χ1v) is 11.9. The lowest BCUT2D eigenvalue weighted by Crippen LogP contribution is -2.32. The Kier molecular flexibility index (Phi) is 6.97. The molecular weight excluding hydrogens is 498 g/mol. The first-order valence-electron chi connectivity index (χ1n) is 11.9. The molecule has 0 saturated heterocycles. The van der Waals surface area contributed by atoms with Crippen molar-refractivity contribution >= 4 is 5.69 Å². The van der Waals surface area contributed by atoms with Crippen molar-refractivity contribution in [3.63, 3.8) is 0 Å². The highest BCUT2D eigenvalue weighted by Gasteiger charge is 2.24. The van der Waals surface area contributed by atoms with Crippen molar-refractivity contribution in [3.05, 3.63) is 87.0 Å². The van der Waals surface area contributed by atoms with Crippen LogP contribution >= 0.6 is 0 Å². The Morgan fingerprint density at radius 2 is 1.68 bits per heavy atom. The largest absolute Gasteiger partial charge is 0.493 e. The molecule has 1 aliphatic heterocycles. The van der Waals surface area contributed by atoms with Gasteiger partial charge < -0.3 is 9.47 Å². The smallest absolute Gasteiger partial charge is 0.283 e. The van der Waals surface area contributed by atoms with E-state index in [9.17, 15) is 18.9 Å². The van der Waals surface area contributed by atoms with Crippen LogP contribution in [0.25, 0.3) is 17.1 Å². The van der Waals surface area contributed by atoms with E-state index >= 15 is 0 Å². The molecule has 10 nitrogen and oxygen atoms in total. The number of benzene rings is 3. The molecule has 12 heteroatoms. The summed E-state index contributed by atoms with van der Waals surface area (Å²) in [6.45, 7) is 2.65. The molecular formula is C26H24F2N6O4. The van der Waals surface area contributed by atoms with Gasteiger partial charge >= 0.3 is 0 Å². The molecule has 1 aromatic heterocycles. The predicted octanol–water partition coefficient (Wildman–Crippen LogP) is 4.13. The van der Waals surface area contributed by atoms with E-state index in [-0.39, 0.29) is 11.4 Å². The molecule has 38 heavy (non-hydrogen) atoms. The van der Waals surface area contributed by atoms with Crippen molar-refractivity contribution in [2.75, 3.05) is 27.3 Å². The van der Waals surface area contributed by atoms with Gasteiger partial charge in [0, 0.05) is 19.6 Å². The van der Waals surface area contributed by atoms with Gasteiger partial charge in [-0.25, -0.2) is 8.78 Å². The quantitative estimate of drug-likeness (QED) is 0.251. The van der Waals surface area contributed by atoms with E-state index in [1.54, 1.807) is 14.2 Å². The number of nitrogens with zero attached hydrogens (tertiary/aromatic N) is 6. The van der Waals surface area contributed by atoms with E-state index in [1.165, 1.54) is 15.9 Å². The molecule has 0 spiro atoms. The van der Waals surface area contributed by atoms with Crippen molar-refractivity contribution in [1.29, 1.82) is 0 Å². The van der Waals surface area contributed by atoms with Crippen LogP contribution in [0.15, 0.2) is 48.5 Å². The molecule has 0 unspecified atom stereocenters. The number of rotatable bonds is 8. The van der Waals surface area contributed by atoms with Crippen LogP contribution in [0.2, 0.25) is 0 Å². The average molecular weight is 523 g/mol. The summed E-state index contributed by atoms with van der Waals surface area (Å²) in [6.07, 6.45) is 1.77. The average Bonchev–Trinajstić information content (AvgIpc) is 3.42. The van der Waals surface area contributed by atoms with Crippen molar-refractivity contribution in [3.8, 4) is 28.6 Å². The summed E-state index contributed by atoms with van der Waals surface area (Å²) in [5, 5.41) is 23.1. The summed E-state index contributed by atoms with van der Waals surface area (Å²) >= 11 is 0. The van der Waals surface area contributed by atoms with Gasteiger partial charge in [-0.05, 0) is 65.1 Å². The predicted molar refractivity (Wildman–Crippen MR) is 133 cm³/mol. The number of nitro groups is 1. The minimum absolute atomic E-state index is 0.181. The van der Waals surface area contributed by atoms with Gasteiger partial charge in [-0.3, -0.25) is 15.0 Å². The molecule has 0 saturated carbocycles. The van der Waals surface area contributed by atoms with Crippen LogP contribution in [0.3, 0.4) is 0 Å². The lowest BCUT2D eigenvalue weighted by atomic mass is 9.98. The van der Waals surface area contributed by atoms with E-state index < -0.39 is 22.2 Å². The number of hydrogen-bond donors (Lipinski definition) is 0. The summed E-state index contributed by atoms with van der Waals surface area (Å²) in [5.41, 5.74) is 3.30. The minimum atomic E-state index is -1.32. The Hall–Kier alpha value is -4.45. The summed E-state index contributed by atoms with van der Waals surface area (Å²) < 4.78 is 38.1.